The molecular formula is C40H41BrK2N6O9. The van der Waals surface area contributed by atoms with Gasteiger partial charge in [0.25, 0.3) is 18.3 Å². The fourth-order valence-electron chi connectivity index (χ4n) is 3.76. The summed E-state index contributed by atoms with van der Waals surface area (Å²) in [7, 11) is 0. The minimum Gasteiger partial charge on any atom is -1.00 e. The molecule has 4 aromatic carbocycles. The van der Waals surface area contributed by atoms with Crippen LogP contribution in [0.15, 0.2) is 84.9 Å². The van der Waals surface area contributed by atoms with E-state index < -0.39 is 23.0 Å². The number of ether oxygens (including phenoxy) is 1. The molecule has 0 radical (unpaired) electrons. The number of aromatic hydroxyl groups is 1. The molecule has 0 saturated carbocycles. The van der Waals surface area contributed by atoms with E-state index in [0.29, 0.717) is 39.6 Å². The first-order valence-electron chi connectivity index (χ1n) is 15.6. The van der Waals surface area contributed by atoms with Crippen molar-refractivity contribution in [3.63, 3.8) is 0 Å². The van der Waals surface area contributed by atoms with Gasteiger partial charge in [0.1, 0.15) is 23.7 Å². The van der Waals surface area contributed by atoms with E-state index in [1.165, 1.54) is 26.0 Å². The molecule has 0 bridgehead atoms. The van der Waals surface area contributed by atoms with Crippen molar-refractivity contribution >= 4 is 57.0 Å². The third-order valence-corrected chi connectivity index (χ3v) is 8.02. The standard InChI is InChI=1S/C19H17N3O3.C12H13BrN2O2.C7H5NO.CH2O3.CH4.2K.H/c1-13-10-15(6-9-17(13)21-3)22-18(23)19(2,24)12-25-16-7-4-14(11-20)5-8-16;1-8-6-9(4-5-10(8)14-3)15-11(16)12(2,17)7-13;8-5-6-1-3-7(9)4-2-6;2-1-4-3;;;;/h4-10,24H,12H2,1-2H3,(H,22,23);4-6,17H,7H2,1-2H3,(H,15,16);1-4,9H;1,3H;1H4;;;/q;;;;;2*+1;-1/p-1/t19-;12-;;;;;;/m00....../s1. The topological polar surface area (TPSA) is 234 Å². The summed E-state index contributed by atoms with van der Waals surface area (Å²) < 4.78 is 5.43. The molecule has 0 aliphatic heterocycles. The van der Waals surface area contributed by atoms with Crippen LogP contribution >= 0.6 is 15.9 Å². The Kier molecular flexibility index (Phi) is 30.9. The van der Waals surface area contributed by atoms with Crippen LogP contribution in [0, 0.1) is 49.7 Å². The molecule has 0 spiro atoms. The number of hydrogen-bond acceptors (Lipinski definition) is 11. The summed E-state index contributed by atoms with van der Waals surface area (Å²) in [5.41, 5.74) is 1.51. The van der Waals surface area contributed by atoms with Gasteiger partial charge in [-0.2, -0.15) is 10.5 Å². The average molecular weight is 908 g/mol. The predicted octanol–water partition coefficient (Wildman–Crippen LogP) is 0.271. The number of alkyl halides is 1. The van der Waals surface area contributed by atoms with Crippen LogP contribution in [0.1, 0.15) is 45.0 Å². The van der Waals surface area contributed by atoms with E-state index in [-0.39, 0.29) is 136 Å². The van der Waals surface area contributed by atoms with Gasteiger partial charge in [0, 0.05) is 16.7 Å². The van der Waals surface area contributed by atoms with Crippen LogP contribution in [-0.2, 0) is 19.3 Å². The number of carbonyl (C=O) groups excluding carboxylic acids is 3. The summed E-state index contributed by atoms with van der Waals surface area (Å²) in [6, 6.07) is 26.3. The molecule has 0 unspecified atom stereocenters. The second kappa shape index (κ2) is 30.5. The van der Waals surface area contributed by atoms with E-state index in [1.807, 2.05) is 12.1 Å². The number of nitriles is 2. The molecule has 294 valence electrons. The van der Waals surface area contributed by atoms with Gasteiger partial charge in [-0.15, -0.1) is 0 Å². The van der Waals surface area contributed by atoms with Crippen molar-refractivity contribution in [2.24, 2.45) is 0 Å². The summed E-state index contributed by atoms with van der Waals surface area (Å²) in [5.74, 6) is -0.459. The Morgan fingerprint density at radius 2 is 1.21 bits per heavy atom. The van der Waals surface area contributed by atoms with E-state index in [4.69, 9.17) is 43.6 Å². The molecule has 58 heavy (non-hydrogen) atoms. The molecule has 18 heteroatoms. The molecule has 0 aromatic heterocycles. The molecule has 0 fully saturated rings. The van der Waals surface area contributed by atoms with Crippen molar-refractivity contribution in [2.75, 3.05) is 22.6 Å². The molecule has 5 N–H and O–H groups in total. The average Bonchev–Trinajstić information content (AvgIpc) is 3.18. The van der Waals surface area contributed by atoms with E-state index in [0.717, 1.165) is 11.1 Å². The first kappa shape index (κ1) is 58.8. The number of aryl methyl sites for hydroxylation is 2. The van der Waals surface area contributed by atoms with E-state index in [2.05, 4.69) is 41.1 Å². The van der Waals surface area contributed by atoms with Crippen molar-refractivity contribution in [3.05, 3.63) is 130 Å². The van der Waals surface area contributed by atoms with Crippen LogP contribution in [-0.4, -0.2) is 56.7 Å². The van der Waals surface area contributed by atoms with Crippen LogP contribution in [0.4, 0.5) is 22.7 Å². The Labute approximate surface area is 433 Å². The third-order valence-electron chi connectivity index (χ3n) is 6.93. The largest absolute Gasteiger partial charge is 1.00 e. The minimum absolute atomic E-state index is 0. The number of phenols is 1. The second-order valence-electron chi connectivity index (χ2n) is 11.6. The van der Waals surface area contributed by atoms with E-state index in [1.54, 1.807) is 86.6 Å². The Bertz CT molecular complexity index is 2100. The first-order chi connectivity index (χ1) is 26.0. The number of phenolic OH excluding ortho intramolecular Hbond substituents is 1. The number of carbonyl (C=O) groups is 3. The smallest absolute Gasteiger partial charge is 1.00 e. The van der Waals surface area contributed by atoms with Gasteiger partial charge in [-0.3, -0.25) is 14.4 Å². The number of benzene rings is 4. The van der Waals surface area contributed by atoms with Gasteiger partial charge in [0.15, 0.2) is 17.0 Å². The van der Waals surface area contributed by atoms with Crippen molar-refractivity contribution in [1.82, 2.24) is 0 Å². The Balaban J connectivity index is -0.000000386. The molecule has 0 aliphatic carbocycles. The molecule has 4 aromatic rings. The van der Waals surface area contributed by atoms with Gasteiger partial charge in [0.05, 0.1) is 36.4 Å². The quantitative estimate of drug-likeness (QED) is 0.0382. The van der Waals surface area contributed by atoms with Gasteiger partial charge in [-0.05, 0) is 112 Å². The maximum atomic E-state index is 12.3. The van der Waals surface area contributed by atoms with Crippen molar-refractivity contribution in [2.45, 2.75) is 46.3 Å². The monoisotopic (exact) mass is 906 g/mol. The van der Waals surface area contributed by atoms with Crippen molar-refractivity contribution < 1.29 is 149 Å². The number of nitrogens with one attached hydrogen (secondary N) is 2. The zero-order valence-corrected chi connectivity index (χ0v) is 39.9. The summed E-state index contributed by atoms with van der Waals surface area (Å²) in [4.78, 5) is 41.9. The number of amides is 2. The number of aliphatic hydroxyl groups is 2. The molecule has 15 nitrogen and oxygen atoms in total. The maximum absolute atomic E-state index is 12.3. The number of anilines is 2. The maximum Gasteiger partial charge on any atom is 1.00 e. The van der Waals surface area contributed by atoms with Gasteiger partial charge in [-0.1, -0.05) is 35.5 Å². The number of rotatable bonds is 9. The molecule has 0 heterocycles. The minimum atomic E-state index is -1.75. The molecular weight excluding hydrogens is 867 g/mol. The van der Waals surface area contributed by atoms with Crippen molar-refractivity contribution in [3.8, 4) is 23.6 Å². The van der Waals surface area contributed by atoms with Gasteiger partial charge in [-0.25, -0.2) is 9.69 Å². The van der Waals surface area contributed by atoms with Crippen LogP contribution in [0.25, 0.3) is 9.69 Å². The zero-order valence-electron chi connectivity index (χ0n) is 33.0. The van der Waals surface area contributed by atoms with E-state index >= 15 is 0 Å². The fourth-order valence-corrected chi connectivity index (χ4v) is 4.02. The SMILES string of the molecule is C.N#Cc1ccc(O)cc1.O=CO[O-].[C-]#[N+]c1ccc(NC(=O)[C@@](C)(O)CBr)cc1C.[C-]#[N+]c1ccc(NC(=O)[C@@](C)(O)COc2ccc(C#N)cc2)cc1C.[H-].[K+].[K+]. The van der Waals surface area contributed by atoms with E-state index in [9.17, 15) is 19.8 Å². The molecule has 0 saturated heterocycles. The molecule has 2 amide bonds. The predicted molar refractivity (Wildman–Crippen MR) is 212 cm³/mol. The Morgan fingerprint density at radius 3 is 1.53 bits per heavy atom. The van der Waals surface area contributed by atoms with Crippen LogP contribution in [0.3, 0.4) is 0 Å². The summed E-state index contributed by atoms with van der Waals surface area (Å²) >= 11 is 3.07. The normalized spacial score (nSPS) is 11.0. The number of nitrogens with zero attached hydrogens (tertiary/aromatic N) is 4. The summed E-state index contributed by atoms with van der Waals surface area (Å²) in [6.07, 6.45) is 0. The van der Waals surface area contributed by atoms with Gasteiger partial charge in [0.2, 0.25) is 0 Å². The Hall–Kier alpha value is -3.52. The third kappa shape index (κ3) is 21.5. The summed E-state index contributed by atoms with van der Waals surface area (Å²) in [5, 5.41) is 59.7. The zero-order chi connectivity index (χ0) is 41.6. The molecule has 2 atom stereocenters. The van der Waals surface area contributed by atoms with Crippen LogP contribution < -0.4 is 123 Å². The second-order valence-corrected chi connectivity index (χ2v) is 12.2. The molecule has 4 rings (SSSR count). The number of halogens is 1. The number of hydrogen-bond donors (Lipinski definition) is 5. The van der Waals surface area contributed by atoms with Gasteiger partial charge >= 0.3 is 103 Å². The fraction of sp³-hybridized carbons (Fsp3) is 0.225. The first-order valence-corrected chi connectivity index (χ1v) is 16.8. The van der Waals surface area contributed by atoms with Crippen molar-refractivity contribution in [1.29, 1.82) is 10.5 Å². The molecule has 0 aliphatic rings. The van der Waals surface area contributed by atoms with Gasteiger partial charge < -0.3 is 42.3 Å². The van der Waals surface area contributed by atoms with Crippen LogP contribution in [0.5, 0.6) is 11.5 Å². The Morgan fingerprint density at radius 1 is 0.828 bits per heavy atom. The summed E-state index contributed by atoms with van der Waals surface area (Å²) in [6.45, 7) is 19.9. The van der Waals surface area contributed by atoms with Crippen LogP contribution in [0.2, 0.25) is 0 Å².